The molecule has 0 unspecified atom stereocenters. The Bertz CT molecular complexity index is 953. The molecule has 0 aliphatic heterocycles. The van der Waals surface area contributed by atoms with Gasteiger partial charge in [0, 0.05) is 19.3 Å². The second-order valence-electron chi connectivity index (χ2n) is 16.0. The van der Waals surface area contributed by atoms with Crippen molar-refractivity contribution in [3.8, 4) is 0 Å². The molecule has 0 aliphatic rings. The van der Waals surface area contributed by atoms with Gasteiger partial charge in [-0.2, -0.15) is 0 Å². The van der Waals surface area contributed by atoms with Crippen LogP contribution < -0.4 is 0 Å². The highest BCUT2D eigenvalue weighted by atomic mass is 16.6. The van der Waals surface area contributed by atoms with Crippen molar-refractivity contribution in [2.75, 3.05) is 13.2 Å². The van der Waals surface area contributed by atoms with Gasteiger partial charge >= 0.3 is 17.9 Å². The maximum Gasteiger partial charge on any atom is 0.306 e. The zero-order valence-electron chi connectivity index (χ0n) is 37.2. The van der Waals surface area contributed by atoms with Gasteiger partial charge in [0.2, 0.25) is 0 Å². The van der Waals surface area contributed by atoms with Crippen LogP contribution in [0.5, 0.6) is 0 Å². The molecule has 0 aromatic carbocycles. The van der Waals surface area contributed by atoms with Crippen LogP contribution in [0.2, 0.25) is 0 Å². The van der Waals surface area contributed by atoms with Crippen LogP contribution in [-0.4, -0.2) is 37.2 Å². The van der Waals surface area contributed by atoms with Crippen molar-refractivity contribution in [3.05, 3.63) is 36.5 Å². The maximum atomic E-state index is 12.7. The Morgan fingerprint density at radius 3 is 1.09 bits per heavy atom. The number of rotatable bonds is 43. The highest BCUT2D eigenvalue weighted by Crippen LogP contribution is 2.14. The van der Waals surface area contributed by atoms with Gasteiger partial charge in [0.1, 0.15) is 13.2 Å². The summed E-state index contributed by atoms with van der Waals surface area (Å²) in [5.74, 6) is -0.892. The number of carbonyl (C=O) groups is 3. The van der Waals surface area contributed by atoms with Crippen LogP contribution in [0.4, 0.5) is 0 Å². The van der Waals surface area contributed by atoms with Crippen molar-refractivity contribution in [1.29, 1.82) is 0 Å². The van der Waals surface area contributed by atoms with Crippen LogP contribution in [-0.2, 0) is 28.6 Å². The van der Waals surface area contributed by atoms with Crippen molar-refractivity contribution in [1.82, 2.24) is 0 Å². The molecule has 0 amide bonds. The molecule has 0 aliphatic carbocycles. The predicted molar refractivity (Wildman–Crippen MR) is 238 cm³/mol. The van der Waals surface area contributed by atoms with Crippen molar-refractivity contribution >= 4 is 17.9 Å². The van der Waals surface area contributed by atoms with Crippen LogP contribution in [0, 0.1) is 0 Å². The highest BCUT2D eigenvalue weighted by molar-refractivity contribution is 5.71. The van der Waals surface area contributed by atoms with E-state index in [0.717, 1.165) is 83.5 Å². The molecule has 0 spiro atoms. The lowest BCUT2D eigenvalue weighted by atomic mass is 10.1. The zero-order chi connectivity index (χ0) is 40.8. The van der Waals surface area contributed by atoms with Gasteiger partial charge in [0.15, 0.2) is 6.10 Å². The topological polar surface area (TPSA) is 78.9 Å². The van der Waals surface area contributed by atoms with Gasteiger partial charge in [-0.3, -0.25) is 14.4 Å². The van der Waals surface area contributed by atoms with Gasteiger partial charge < -0.3 is 14.2 Å². The third-order valence-electron chi connectivity index (χ3n) is 10.4. The minimum absolute atomic E-state index is 0.0760. The van der Waals surface area contributed by atoms with Crippen molar-refractivity contribution in [2.45, 2.75) is 252 Å². The van der Waals surface area contributed by atoms with Crippen molar-refractivity contribution in [2.24, 2.45) is 0 Å². The number of hydrogen-bond donors (Lipinski definition) is 0. The van der Waals surface area contributed by atoms with Gasteiger partial charge in [-0.1, -0.05) is 192 Å². The van der Waals surface area contributed by atoms with E-state index < -0.39 is 6.10 Å². The number of allylic oxidation sites excluding steroid dienone is 6. The van der Waals surface area contributed by atoms with E-state index in [0.29, 0.717) is 19.3 Å². The van der Waals surface area contributed by atoms with E-state index in [1.54, 1.807) is 0 Å². The summed E-state index contributed by atoms with van der Waals surface area (Å²) in [6, 6.07) is 0. The van der Waals surface area contributed by atoms with Crippen LogP contribution >= 0.6 is 0 Å². The van der Waals surface area contributed by atoms with Gasteiger partial charge in [0.25, 0.3) is 0 Å². The molecule has 0 aromatic rings. The summed E-state index contributed by atoms with van der Waals surface area (Å²) in [6.45, 7) is 6.55. The molecule has 0 rings (SSSR count). The summed E-state index contributed by atoms with van der Waals surface area (Å²) >= 11 is 0. The molecule has 0 bridgehead atoms. The van der Waals surface area contributed by atoms with E-state index in [1.165, 1.54) is 122 Å². The first-order chi connectivity index (χ1) is 27.5. The van der Waals surface area contributed by atoms with E-state index >= 15 is 0 Å². The van der Waals surface area contributed by atoms with Crippen molar-refractivity contribution in [3.63, 3.8) is 0 Å². The lowest BCUT2D eigenvalue weighted by molar-refractivity contribution is -0.167. The molecule has 56 heavy (non-hydrogen) atoms. The Balaban J connectivity index is 4.33. The fraction of sp³-hybridized carbons (Fsp3) is 0.820. The summed E-state index contributed by atoms with van der Waals surface area (Å²) < 4.78 is 16.7. The Morgan fingerprint density at radius 2 is 0.661 bits per heavy atom. The summed E-state index contributed by atoms with van der Waals surface area (Å²) in [7, 11) is 0. The molecule has 0 saturated heterocycles. The first-order valence-corrected chi connectivity index (χ1v) is 24.0. The number of ether oxygens (including phenoxy) is 3. The molecule has 0 heterocycles. The van der Waals surface area contributed by atoms with E-state index in [4.69, 9.17) is 14.2 Å². The lowest BCUT2D eigenvalue weighted by Crippen LogP contribution is -2.30. The molecular formula is C50H90O6. The molecular weight excluding hydrogens is 697 g/mol. The van der Waals surface area contributed by atoms with Crippen LogP contribution in [0.3, 0.4) is 0 Å². The molecule has 0 fully saturated rings. The van der Waals surface area contributed by atoms with Gasteiger partial charge in [-0.25, -0.2) is 0 Å². The summed E-state index contributed by atoms with van der Waals surface area (Å²) in [5, 5.41) is 0. The fourth-order valence-electron chi connectivity index (χ4n) is 6.69. The number of unbranched alkanes of at least 4 members (excludes halogenated alkanes) is 26. The van der Waals surface area contributed by atoms with E-state index in [9.17, 15) is 14.4 Å². The van der Waals surface area contributed by atoms with Crippen LogP contribution in [0.25, 0.3) is 0 Å². The number of hydrogen-bond acceptors (Lipinski definition) is 6. The molecule has 0 radical (unpaired) electrons. The van der Waals surface area contributed by atoms with Gasteiger partial charge in [0.05, 0.1) is 0 Å². The number of carbonyl (C=O) groups excluding carboxylic acids is 3. The summed E-state index contributed by atoms with van der Waals surface area (Å²) in [4.78, 5) is 37.7. The fourth-order valence-corrected chi connectivity index (χ4v) is 6.69. The van der Waals surface area contributed by atoms with E-state index in [2.05, 4.69) is 57.2 Å². The minimum atomic E-state index is -0.774. The first kappa shape index (κ1) is 53.6. The molecule has 1 atom stereocenters. The van der Waals surface area contributed by atoms with E-state index in [1.807, 2.05) is 0 Å². The van der Waals surface area contributed by atoms with E-state index in [-0.39, 0.29) is 31.1 Å². The SMILES string of the molecule is CCCC/C=C\CCCCCCCC(=O)O[C@@H](COC(=O)CCCCCCCCC/C=C\C/C=C\CCCCC)COC(=O)CCCCCCCCCCCC. The molecule has 326 valence electrons. The zero-order valence-corrected chi connectivity index (χ0v) is 37.2. The second-order valence-corrected chi connectivity index (χ2v) is 16.0. The normalized spacial score (nSPS) is 12.3. The quantitative estimate of drug-likeness (QED) is 0.0265. The molecule has 0 aromatic heterocycles. The number of esters is 3. The third-order valence-corrected chi connectivity index (χ3v) is 10.4. The Morgan fingerprint density at radius 1 is 0.357 bits per heavy atom. The standard InChI is InChI=1S/C50H90O6/c1-4-7-10-13-16-19-22-23-24-25-26-27-29-31-34-37-40-43-49(52)55-46-47(45-54-48(51)42-39-36-33-30-21-18-15-12-9-6-3)56-50(53)44-41-38-35-32-28-20-17-14-11-8-5-2/h14,16-17,19,23-24,47H,4-13,15,18,20-22,25-46H2,1-3H3/b17-14-,19-16-,24-23-/t47-/m1/s1. The molecule has 6 nitrogen and oxygen atoms in total. The smallest absolute Gasteiger partial charge is 0.306 e. The Labute approximate surface area is 346 Å². The minimum Gasteiger partial charge on any atom is -0.462 e. The first-order valence-electron chi connectivity index (χ1n) is 24.0. The van der Waals surface area contributed by atoms with Gasteiger partial charge in [-0.15, -0.1) is 0 Å². The summed E-state index contributed by atoms with van der Waals surface area (Å²) in [6.07, 6.45) is 51.2. The molecule has 0 N–H and O–H groups in total. The third kappa shape index (κ3) is 42.8. The molecule has 6 heteroatoms. The van der Waals surface area contributed by atoms with Crippen LogP contribution in [0.15, 0.2) is 36.5 Å². The highest BCUT2D eigenvalue weighted by Gasteiger charge is 2.19. The lowest BCUT2D eigenvalue weighted by Gasteiger charge is -2.18. The maximum absolute atomic E-state index is 12.7. The second kappa shape index (κ2) is 45.3. The Kier molecular flexibility index (Phi) is 43.4. The average molecular weight is 787 g/mol. The largest absolute Gasteiger partial charge is 0.462 e. The monoisotopic (exact) mass is 787 g/mol. The molecule has 0 saturated carbocycles. The van der Waals surface area contributed by atoms with Gasteiger partial charge in [-0.05, 0) is 70.6 Å². The van der Waals surface area contributed by atoms with Crippen LogP contribution in [0.1, 0.15) is 245 Å². The van der Waals surface area contributed by atoms with Crippen molar-refractivity contribution < 1.29 is 28.6 Å². The predicted octanol–water partition coefficient (Wildman–Crippen LogP) is 15.4. The average Bonchev–Trinajstić information content (AvgIpc) is 3.19. The Hall–Kier alpha value is -2.37. The summed E-state index contributed by atoms with van der Waals surface area (Å²) in [5.41, 5.74) is 0.